The van der Waals surface area contributed by atoms with E-state index in [-0.39, 0.29) is 11.7 Å². The van der Waals surface area contributed by atoms with E-state index in [0.29, 0.717) is 18.1 Å². The molecule has 0 N–H and O–H groups in total. The lowest BCUT2D eigenvalue weighted by Gasteiger charge is -2.01. The Morgan fingerprint density at radius 2 is 2.11 bits per heavy atom. The highest BCUT2D eigenvalue weighted by Crippen LogP contribution is 2.16. The van der Waals surface area contributed by atoms with Gasteiger partial charge in [0.1, 0.15) is 5.78 Å². The lowest BCUT2D eigenvalue weighted by molar-refractivity contribution is -0.118. The molecule has 0 radical (unpaired) electrons. The Kier molecular flexibility index (Phi) is 3.55. The SMILES string of the molecule is CC(=O)C(C)c1nc(Cc2ccccc2C)no1. The molecule has 4 nitrogen and oxygen atoms in total. The fraction of sp³-hybridized carbons (Fsp3) is 0.357. The summed E-state index contributed by atoms with van der Waals surface area (Å²) in [5.74, 6) is 0.711. The van der Waals surface area contributed by atoms with Crippen LogP contribution in [-0.4, -0.2) is 15.9 Å². The first-order valence-electron chi connectivity index (χ1n) is 5.95. The number of hydrogen-bond acceptors (Lipinski definition) is 4. The fourth-order valence-corrected chi connectivity index (χ4v) is 1.67. The van der Waals surface area contributed by atoms with Crippen LogP contribution in [0.4, 0.5) is 0 Å². The van der Waals surface area contributed by atoms with E-state index in [4.69, 9.17) is 4.52 Å². The van der Waals surface area contributed by atoms with Gasteiger partial charge in [0, 0.05) is 6.42 Å². The molecule has 0 fully saturated rings. The summed E-state index contributed by atoms with van der Waals surface area (Å²) in [4.78, 5) is 15.5. The van der Waals surface area contributed by atoms with Crippen LogP contribution in [0.15, 0.2) is 28.8 Å². The summed E-state index contributed by atoms with van der Waals surface area (Å²) in [6, 6.07) is 8.08. The van der Waals surface area contributed by atoms with Crippen molar-refractivity contribution >= 4 is 5.78 Å². The Bertz CT molecular complexity index is 560. The van der Waals surface area contributed by atoms with Gasteiger partial charge in [-0.1, -0.05) is 29.4 Å². The highest BCUT2D eigenvalue weighted by molar-refractivity contribution is 5.81. The van der Waals surface area contributed by atoms with Crippen LogP contribution in [0.3, 0.4) is 0 Å². The third-order valence-corrected chi connectivity index (χ3v) is 3.07. The zero-order chi connectivity index (χ0) is 13.1. The fourth-order valence-electron chi connectivity index (χ4n) is 1.67. The van der Waals surface area contributed by atoms with Crippen LogP contribution in [0.2, 0.25) is 0 Å². The van der Waals surface area contributed by atoms with Crippen LogP contribution in [-0.2, 0) is 11.2 Å². The van der Waals surface area contributed by atoms with E-state index in [0.717, 1.165) is 0 Å². The van der Waals surface area contributed by atoms with Crippen molar-refractivity contribution in [1.82, 2.24) is 10.1 Å². The summed E-state index contributed by atoms with van der Waals surface area (Å²) in [5, 5.41) is 3.92. The Labute approximate surface area is 106 Å². The number of aryl methyl sites for hydroxylation is 1. The molecule has 4 heteroatoms. The van der Waals surface area contributed by atoms with Crippen LogP contribution in [0.25, 0.3) is 0 Å². The van der Waals surface area contributed by atoms with Crippen molar-refractivity contribution in [1.29, 1.82) is 0 Å². The standard InChI is InChI=1S/C14H16N2O2/c1-9-6-4-5-7-12(9)8-13-15-14(18-16-13)10(2)11(3)17/h4-7,10H,8H2,1-3H3. The summed E-state index contributed by atoms with van der Waals surface area (Å²) < 4.78 is 5.12. The number of Topliss-reactive ketones (excluding diaryl/α,β-unsaturated/α-hetero) is 1. The topological polar surface area (TPSA) is 56.0 Å². The van der Waals surface area contributed by atoms with Crippen LogP contribution in [0.1, 0.15) is 42.6 Å². The maximum Gasteiger partial charge on any atom is 0.236 e. The van der Waals surface area contributed by atoms with E-state index in [1.54, 1.807) is 6.92 Å². The first kappa shape index (κ1) is 12.5. The molecule has 0 bridgehead atoms. The quantitative estimate of drug-likeness (QED) is 0.829. The van der Waals surface area contributed by atoms with E-state index in [1.807, 2.05) is 18.2 Å². The zero-order valence-corrected chi connectivity index (χ0v) is 10.8. The summed E-state index contributed by atoms with van der Waals surface area (Å²) in [5.41, 5.74) is 2.36. The maximum atomic E-state index is 11.2. The summed E-state index contributed by atoms with van der Waals surface area (Å²) in [6.45, 7) is 5.35. The van der Waals surface area contributed by atoms with E-state index < -0.39 is 0 Å². The average molecular weight is 244 g/mol. The van der Waals surface area contributed by atoms with Gasteiger partial charge >= 0.3 is 0 Å². The van der Waals surface area contributed by atoms with Crippen LogP contribution in [0.5, 0.6) is 0 Å². The molecule has 0 amide bonds. The van der Waals surface area contributed by atoms with Crippen molar-refractivity contribution in [3.05, 3.63) is 47.1 Å². The Morgan fingerprint density at radius 3 is 2.78 bits per heavy atom. The van der Waals surface area contributed by atoms with Gasteiger partial charge in [-0.05, 0) is 31.9 Å². The molecular weight excluding hydrogens is 228 g/mol. The van der Waals surface area contributed by atoms with Crippen molar-refractivity contribution in [2.24, 2.45) is 0 Å². The summed E-state index contributed by atoms with van der Waals surface area (Å²) in [6.07, 6.45) is 0.626. The lowest BCUT2D eigenvalue weighted by Crippen LogP contribution is -2.04. The van der Waals surface area contributed by atoms with E-state index in [9.17, 15) is 4.79 Å². The lowest BCUT2D eigenvalue weighted by atomic mass is 10.1. The second kappa shape index (κ2) is 5.12. The van der Waals surface area contributed by atoms with Gasteiger partial charge in [0.15, 0.2) is 5.82 Å². The molecule has 0 aliphatic rings. The zero-order valence-electron chi connectivity index (χ0n) is 10.8. The molecular formula is C14H16N2O2. The van der Waals surface area contributed by atoms with Crippen molar-refractivity contribution in [2.45, 2.75) is 33.1 Å². The Balaban J connectivity index is 2.17. The second-order valence-corrected chi connectivity index (χ2v) is 4.48. The molecule has 94 valence electrons. The smallest absolute Gasteiger partial charge is 0.236 e. The van der Waals surface area contributed by atoms with Crippen LogP contribution >= 0.6 is 0 Å². The van der Waals surface area contributed by atoms with Gasteiger partial charge in [-0.2, -0.15) is 4.98 Å². The monoisotopic (exact) mass is 244 g/mol. The van der Waals surface area contributed by atoms with Crippen molar-refractivity contribution < 1.29 is 9.32 Å². The van der Waals surface area contributed by atoms with Crippen molar-refractivity contribution in [3.63, 3.8) is 0 Å². The number of aromatic nitrogens is 2. The van der Waals surface area contributed by atoms with Crippen molar-refractivity contribution in [2.75, 3.05) is 0 Å². The predicted molar refractivity (Wildman–Crippen MR) is 67.4 cm³/mol. The Hall–Kier alpha value is -1.97. The van der Waals surface area contributed by atoms with Crippen LogP contribution in [0, 0.1) is 6.92 Å². The molecule has 2 rings (SSSR count). The van der Waals surface area contributed by atoms with E-state index in [2.05, 4.69) is 23.1 Å². The molecule has 1 heterocycles. The molecule has 1 aromatic heterocycles. The van der Waals surface area contributed by atoms with Crippen molar-refractivity contribution in [3.8, 4) is 0 Å². The van der Waals surface area contributed by atoms with Crippen LogP contribution < -0.4 is 0 Å². The highest BCUT2D eigenvalue weighted by atomic mass is 16.5. The molecule has 1 atom stereocenters. The first-order chi connectivity index (χ1) is 8.58. The normalized spacial score (nSPS) is 12.4. The van der Waals surface area contributed by atoms with Gasteiger partial charge in [-0.25, -0.2) is 0 Å². The highest BCUT2D eigenvalue weighted by Gasteiger charge is 2.18. The minimum Gasteiger partial charge on any atom is -0.339 e. The largest absolute Gasteiger partial charge is 0.339 e. The van der Waals surface area contributed by atoms with Gasteiger partial charge < -0.3 is 4.52 Å². The molecule has 0 spiro atoms. The molecule has 0 aliphatic heterocycles. The van der Waals surface area contributed by atoms with Gasteiger partial charge in [0.25, 0.3) is 0 Å². The predicted octanol–water partition coefficient (Wildman–Crippen LogP) is 2.66. The summed E-state index contributed by atoms with van der Waals surface area (Å²) in [7, 11) is 0. The van der Waals surface area contributed by atoms with Gasteiger partial charge in [-0.3, -0.25) is 4.79 Å². The minimum absolute atomic E-state index is 0.0288. The minimum atomic E-state index is -0.330. The maximum absolute atomic E-state index is 11.2. The number of benzene rings is 1. The van der Waals surface area contributed by atoms with Gasteiger partial charge in [0.05, 0.1) is 5.92 Å². The number of hydrogen-bond donors (Lipinski definition) is 0. The molecule has 1 aromatic carbocycles. The third-order valence-electron chi connectivity index (χ3n) is 3.07. The molecule has 0 aliphatic carbocycles. The molecule has 0 saturated heterocycles. The van der Waals surface area contributed by atoms with Gasteiger partial charge in [0.2, 0.25) is 5.89 Å². The number of nitrogens with zero attached hydrogens (tertiary/aromatic N) is 2. The van der Waals surface area contributed by atoms with E-state index >= 15 is 0 Å². The number of ketones is 1. The Morgan fingerprint density at radius 1 is 1.39 bits per heavy atom. The summed E-state index contributed by atoms with van der Waals surface area (Å²) >= 11 is 0. The number of rotatable bonds is 4. The molecule has 1 unspecified atom stereocenters. The molecule has 0 saturated carbocycles. The molecule has 18 heavy (non-hydrogen) atoms. The van der Waals surface area contributed by atoms with Gasteiger partial charge in [-0.15, -0.1) is 0 Å². The first-order valence-corrected chi connectivity index (χ1v) is 5.95. The third kappa shape index (κ3) is 2.64. The second-order valence-electron chi connectivity index (χ2n) is 4.48. The number of carbonyl (C=O) groups excluding carboxylic acids is 1. The number of carbonyl (C=O) groups is 1. The van der Waals surface area contributed by atoms with E-state index in [1.165, 1.54) is 18.1 Å². The molecule has 2 aromatic rings. The average Bonchev–Trinajstić information content (AvgIpc) is 2.79.